The molecule has 7 heteroatoms. The van der Waals surface area contributed by atoms with Gasteiger partial charge < -0.3 is 24.4 Å². The molecule has 7 nitrogen and oxygen atoms in total. The number of anilines is 1. The van der Waals surface area contributed by atoms with Gasteiger partial charge in [0.15, 0.2) is 11.5 Å². The molecule has 2 aromatic rings. The Balaban J connectivity index is 1.02. The van der Waals surface area contributed by atoms with Crippen LogP contribution in [0.25, 0.3) is 11.3 Å². The monoisotopic (exact) mass is 422 g/mol. The number of nitrogens with one attached hydrogen (secondary N) is 1. The fourth-order valence-corrected chi connectivity index (χ4v) is 5.79. The van der Waals surface area contributed by atoms with Crippen LogP contribution in [0.15, 0.2) is 30.3 Å². The molecule has 4 aliphatic rings. The Morgan fingerprint density at radius 2 is 1.74 bits per heavy atom. The van der Waals surface area contributed by atoms with Crippen LogP contribution in [0.4, 0.5) is 5.82 Å². The van der Waals surface area contributed by atoms with Crippen LogP contribution in [-0.2, 0) is 4.74 Å². The van der Waals surface area contributed by atoms with Crippen molar-refractivity contribution in [3.63, 3.8) is 0 Å². The van der Waals surface area contributed by atoms with Crippen LogP contribution in [0.1, 0.15) is 25.7 Å². The van der Waals surface area contributed by atoms with Crippen molar-refractivity contribution in [3.05, 3.63) is 30.3 Å². The van der Waals surface area contributed by atoms with Crippen LogP contribution in [0.2, 0.25) is 0 Å². The second-order valence-electron chi connectivity index (χ2n) is 9.48. The van der Waals surface area contributed by atoms with E-state index in [1.807, 2.05) is 30.3 Å². The van der Waals surface area contributed by atoms with Gasteiger partial charge in [-0.05, 0) is 73.8 Å². The minimum atomic E-state index is 0.282. The molecule has 0 radical (unpaired) electrons. The number of aromatic nitrogens is 2. The van der Waals surface area contributed by atoms with E-state index in [0.717, 1.165) is 59.5 Å². The number of nitrogens with zero attached hydrogens (tertiary/aromatic N) is 3. The van der Waals surface area contributed by atoms with E-state index in [9.17, 15) is 0 Å². The number of ether oxygens (including phenoxy) is 3. The fraction of sp³-hybridized carbons (Fsp3) is 0.583. The van der Waals surface area contributed by atoms with Gasteiger partial charge >= 0.3 is 0 Å². The highest BCUT2D eigenvalue weighted by Crippen LogP contribution is 2.40. The van der Waals surface area contributed by atoms with Crippen molar-refractivity contribution in [2.45, 2.75) is 31.7 Å². The lowest BCUT2D eigenvalue weighted by Crippen LogP contribution is -2.32. The topological polar surface area (TPSA) is 68.7 Å². The molecule has 3 aliphatic heterocycles. The van der Waals surface area contributed by atoms with Crippen LogP contribution in [0.5, 0.6) is 11.5 Å². The average molecular weight is 423 g/mol. The number of hydrogen-bond donors (Lipinski definition) is 1. The van der Waals surface area contributed by atoms with Crippen LogP contribution in [-0.4, -0.2) is 60.8 Å². The number of rotatable bonds is 5. The van der Waals surface area contributed by atoms with Crippen LogP contribution >= 0.6 is 0 Å². The van der Waals surface area contributed by atoms with Gasteiger partial charge in [-0.2, -0.15) is 0 Å². The van der Waals surface area contributed by atoms with Gasteiger partial charge in [-0.1, -0.05) is 0 Å². The molecule has 2 atom stereocenters. The third kappa shape index (κ3) is 4.08. The summed E-state index contributed by atoms with van der Waals surface area (Å²) in [6.07, 6.45) is 4.94. The van der Waals surface area contributed by atoms with E-state index in [2.05, 4.69) is 20.4 Å². The first-order valence-corrected chi connectivity index (χ1v) is 11.6. The quantitative estimate of drug-likeness (QED) is 0.792. The molecule has 6 rings (SSSR count). The first-order valence-electron chi connectivity index (χ1n) is 11.6. The van der Waals surface area contributed by atoms with Gasteiger partial charge in [0.25, 0.3) is 0 Å². The summed E-state index contributed by atoms with van der Waals surface area (Å²) in [6, 6.07) is 10.5. The molecular formula is C24H30N4O3. The summed E-state index contributed by atoms with van der Waals surface area (Å²) in [4.78, 5) is 2.71. The highest BCUT2D eigenvalue weighted by molar-refractivity contribution is 5.64. The van der Waals surface area contributed by atoms with E-state index < -0.39 is 0 Å². The fourth-order valence-electron chi connectivity index (χ4n) is 5.79. The Bertz CT molecular complexity index is 902. The van der Waals surface area contributed by atoms with Gasteiger partial charge in [0.1, 0.15) is 5.82 Å². The number of hydrogen-bond acceptors (Lipinski definition) is 7. The lowest BCUT2D eigenvalue weighted by molar-refractivity contribution is 0.0545. The molecule has 1 aromatic carbocycles. The summed E-state index contributed by atoms with van der Waals surface area (Å²) < 4.78 is 16.4. The first-order chi connectivity index (χ1) is 15.3. The van der Waals surface area contributed by atoms with E-state index in [1.165, 1.54) is 45.3 Å². The molecule has 1 saturated carbocycles. The standard InChI is InChI=1S/C24H30N4O3/c1-3-22-23(31-15-30-22)11-17(1)21-2-4-24(27-26-21)25-20-9-18-13-28(14-19(18)10-20)12-16-5-7-29-8-6-16/h1-4,11,16,18-20H,5-10,12-15H2,(H,25,27). The van der Waals surface area contributed by atoms with Crippen molar-refractivity contribution in [1.29, 1.82) is 0 Å². The molecule has 164 valence electrons. The second-order valence-corrected chi connectivity index (χ2v) is 9.48. The molecule has 2 saturated heterocycles. The Labute approximate surface area is 183 Å². The van der Waals surface area contributed by atoms with Crippen molar-refractivity contribution in [1.82, 2.24) is 15.1 Å². The van der Waals surface area contributed by atoms with Crippen molar-refractivity contribution in [3.8, 4) is 22.8 Å². The maximum atomic E-state index is 5.51. The molecule has 1 aromatic heterocycles. The minimum absolute atomic E-state index is 0.282. The maximum absolute atomic E-state index is 5.51. The molecule has 1 N–H and O–H groups in total. The van der Waals surface area contributed by atoms with Crippen LogP contribution in [0.3, 0.4) is 0 Å². The highest BCUT2D eigenvalue weighted by atomic mass is 16.7. The Kier molecular flexibility index (Phi) is 5.16. The third-order valence-corrected chi connectivity index (χ3v) is 7.37. The molecular weight excluding hydrogens is 392 g/mol. The number of benzene rings is 1. The van der Waals surface area contributed by atoms with Gasteiger partial charge in [-0.25, -0.2) is 0 Å². The van der Waals surface area contributed by atoms with Crippen molar-refractivity contribution in [2.24, 2.45) is 17.8 Å². The molecule has 1 aliphatic carbocycles. The summed E-state index contributed by atoms with van der Waals surface area (Å²) in [7, 11) is 0. The van der Waals surface area contributed by atoms with Crippen molar-refractivity contribution in [2.75, 3.05) is 45.0 Å². The lowest BCUT2D eigenvalue weighted by atomic mass is 10.00. The molecule has 2 unspecified atom stereocenters. The predicted octanol–water partition coefficient (Wildman–Crippen LogP) is 3.42. The van der Waals surface area contributed by atoms with Gasteiger partial charge in [0.05, 0.1) is 5.69 Å². The Hall–Kier alpha value is -2.38. The van der Waals surface area contributed by atoms with E-state index in [0.29, 0.717) is 6.04 Å². The van der Waals surface area contributed by atoms with Crippen LogP contribution in [0, 0.1) is 17.8 Å². The Morgan fingerprint density at radius 3 is 2.52 bits per heavy atom. The molecule has 3 fully saturated rings. The minimum Gasteiger partial charge on any atom is -0.454 e. The maximum Gasteiger partial charge on any atom is 0.231 e. The smallest absolute Gasteiger partial charge is 0.231 e. The normalized spacial score (nSPS) is 28.1. The zero-order valence-corrected chi connectivity index (χ0v) is 17.8. The van der Waals surface area contributed by atoms with Gasteiger partial charge in [0.2, 0.25) is 6.79 Å². The summed E-state index contributed by atoms with van der Waals surface area (Å²) in [6.45, 7) is 5.97. The molecule has 0 bridgehead atoms. The van der Waals surface area contributed by atoms with Gasteiger partial charge in [-0.3, -0.25) is 0 Å². The van der Waals surface area contributed by atoms with Crippen molar-refractivity contribution < 1.29 is 14.2 Å². The number of fused-ring (bicyclic) bond motifs is 2. The van der Waals surface area contributed by atoms with Gasteiger partial charge in [0, 0.05) is 44.5 Å². The Morgan fingerprint density at radius 1 is 0.935 bits per heavy atom. The van der Waals surface area contributed by atoms with Crippen LogP contribution < -0.4 is 14.8 Å². The zero-order valence-electron chi connectivity index (χ0n) is 17.8. The van der Waals surface area contributed by atoms with Crippen molar-refractivity contribution >= 4 is 5.82 Å². The third-order valence-electron chi connectivity index (χ3n) is 7.37. The van der Waals surface area contributed by atoms with E-state index in [4.69, 9.17) is 14.2 Å². The highest BCUT2D eigenvalue weighted by Gasteiger charge is 2.41. The molecule has 31 heavy (non-hydrogen) atoms. The molecule has 0 spiro atoms. The summed E-state index contributed by atoms with van der Waals surface area (Å²) >= 11 is 0. The summed E-state index contributed by atoms with van der Waals surface area (Å²) in [5, 5.41) is 12.5. The predicted molar refractivity (Wildman–Crippen MR) is 117 cm³/mol. The average Bonchev–Trinajstić information content (AvgIpc) is 3.49. The number of likely N-dealkylation sites (tertiary alicyclic amines) is 1. The van der Waals surface area contributed by atoms with Gasteiger partial charge in [-0.15, -0.1) is 10.2 Å². The largest absolute Gasteiger partial charge is 0.454 e. The second kappa shape index (κ2) is 8.28. The van der Waals surface area contributed by atoms with E-state index in [-0.39, 0.29) is 6.79 Å². The zero-order chi connectivity index (χ0) is 20.6. The molecule has 0 amide bonds. The van der Waals surface area contributed by atoms with E-state index in [1.54, 1.807) is 0 Å². The summed E-state index contributed by atoms with van der Waals surface area (Å²) in [5.41, 5.74) is 1.83. The lowest BCUT2D eigenvalue weighted by Gasteiger charge is -2.27. The first kappa shape index (κ1) is 19.3. The SMILES string of the molecule is c1cc2c(cc1-c1ccc(NC3CC4CN(CC5CCOCC5)CC4C3)nn1)OCO2. The molecule has 4 heterocycles. The summed E-state index contributed by atoms with van der Waals surface area (Å²) in [5.74, 6) is 4.89. The van der Waals surface area contributed by atoms with E-state index >= 15 is 0 Å².